The third-order valence-electron chi connectivity index (χ3n) is 3.31. The van der Waals surface area contributed by atoms with E-state index >= 15 is 0 Å². The van der Waals surface area contributed by atoms with Crippen molar-refractivity contribution in [1.82, 2.24) is 0 Å². The summed E-state index contributed by atoms with van der Waals surface area (Å²) < 4.78 is 0. The van der Waals surface area contributed by atoms with E-state index in [9.17, 15) is 14.7 Å². The Hall–Kier alpha value is -2.70. The largest absolute Gasteiger partial charge is 0.479 e. The molecule has 0 amide bonds. The predicted molar refractivity (Wildman–Crippen MR) is 87.4 cm³/mol. The zero-order valence-corrected chi connectivity index (χ0v) is 13.2. The highest BCUT2D eigenvalue weighted by atomic mass is 16.4. The molecule has 0 saturated carbocycles. The van der Waals surface area contributed by atoms with Crippen LogP contribution in [0.1, 0.15) is 18.1 Å². The van der Waals surface area contributed by atoms with Crippen molar-refractivity contribution < 1.29 is 30.0 Å². The van der Waals surface area contributed by atoms with E-state index in [-0.39, 0.29) is 6.42 Å². The van der Waals surface area contributed by atoms with Gasteiger partial charge in [-0.2, -0.15) is 0 Å². The first-order valence-corrected chi connectivity index (χ1v) is 7.21. The summed E-state index contributed by atoms with van der Waals surface area (Å²) in [4.78, 5) is 20.8. The third-order valence-corrected chi connectivity index (χ3v) is 3.31. The van der Waals surface area contributed by atoms with Gasteiger partial charge in [0.25, 0.3) is 0 Å². The second-order valence-electron chi connectivity index (χ2n) is 5.29. The van der Waals surface area contributed by atoms with Crippen molar-refractivity contribution in [3.63, 3.8) is 0 Å². The lowest BCUT2D eigenvalue weighted by Gasteiger charge is -2.17. The van der Waals surface area contributed by atoms with E-state index in [0.29, 0.717) is 5.56 Å². The van der Waals surface area contributed by atoms with Crippen LogP contribution in [-0.4, -0.2) is 38.5 Å². The summed E-state index contributed by atoms with van der Waals surface area (Å²) in [5.74, 6) is -2.42. The summed E-state index contributed by atoms with van der Waals surface area (Å²) in [5.41, 5.74) is -0.578. The quantitative estimate of drug-likeness (QED) is 0.662. The summed E-state index contributed by atoms with van der Waals surface area (Å²) >= 11 is 0. The predicted octanol–water partition coefficient (Wildman–Crippen LogP) is 1.65. The van der Waals surface area contributed by atoms with Gasteiger partial charge in [-0.15, -0.1) is 0 Å². The monoisotopic (exact) mass is 332 g/mol. The van der Waals surface area contributed by atoms with Gasteiger partial charge in [0.2, 0.25) is 0 Å². The van der Waals surface area contributed by atoms with Crippen molar-refractivity contribution >= 4 is 11.9 Å². The van der Waals surface area contributed by atoms with E-state index in [4.69, 9.17) is 15.3 Å². The minimum Gasteiger partial charge on any atom is -0.479 e. The zero-order valence-electron chi connectivity index (χ0n) is 13.2. The van der Waals surface area contributed by atoms with Crippen LogP contribution in [0.4, 0.5) is 0 Å². The number of carbonyl (C=O) groups is 2. The Balaban J connectivity index is 0.000000240. The van der Waals surface area contributed by atoms with Crippen LogP contribution in [0, 0.1) is 0 Å². The summed E-state index contributed by atoms with van der Waals surface area (Å²) in [7, 11) is 0. The number of benzene rings is 2. The van der Waals surface area contributed by atoms with E-state index in [2.05, 4.69) is 0 Å². The molecule has 0 aliphatic rings. The molecule has 0 radical (unpaired) electrons. The fourth-order valence-corrected chi connectivity index (χ4v) is 1.81. The van der Waals surface area contributed by atoms with Crippen LogP contribution in [0.15, 0.2) is 60.7 Å². The maximum absolute atomic E-state index is 10.6. The average molecular weight is 332 g/mol. The van der Waals surface area contributed by atoms with Crippen LogP contribution in [0.3, 0.4) is 0 Å². The van der Waals surface area contributed by atoms with Gasteiger partial charge in [-0.1, -0.05) is 60.7 Å². The lowest BCUT2D eigenvalue weighted by molar-refractivity contribution is -0.157. The minimum absolute atomic E-state index is 0.163. The minimum atomic E-state index is -1.79. The molecule has 2 aromatic rings. The molecule has 0 aliphatic heterocycles. The summed E-state index contributed by atoms with van der Waals surface area (Å²) in [5, 5.41) is 35.5. The zero-order chi connectivity index (χ0) is 18.2. The van der Waals surface area contributed by atoms with Crippen molar-refractivity contribution in [2.24, 2.45) is 0 Å². The van der Waals surface area contributed by atoms with Crippen LogP contribution in [0.2, 0.25) is 0 Å². The van der Waals surface area contributed by atoms with Gasteiger partial charge in [-0.3, -0.25) is 0 Å². The molecule has 4 N–H and O–H groups in total. The maximum atomic E-state index is 10.6. The first kappa shape index (κ1) is 19.3. The highest BCUT2D eigenvalue weighted by Gasteiger charge is 2.31. The molecule has 2 aromatic carbocycles. The number of carboxylic acids is 2. The summed E-state index contributed by atoms with van der Waals surface area (Å²) in [6, 6.07) is 17.3. The van der Waals surface area contributed by atoms with Gasteiger partial charge < -0.3 is 20.4 Å². The Morgan fingerprint density at radius 1 is 0.958 bits per heavy atom. The average Bonchev–Trinajstić information content (AvgIpc) is 2.57. The molecule has 0 fully saturated rings. The highest BCUT2D eigenvalue weighted by molar-refractivity contribution is 5.78. The smallest absolute Gasteiger partial charge is 0.340 e. The fraction of sp³-hybridized carbons (Fsp3) is 0.222. The van der Waals surface area contributed by atoms with Crippen molar-refractivity contribution in [2.75, 3.05) is 0 Å². The van der Waals surface area contributed by atoms with Gasteiger partial charge >= 0.3 is 11.9 Å². The maximum Gasteiger partial charge on any atom is 0.340 e. The fourth-order valence-electron chi connectivity index (χ4n) is 1.81. The second-order valence-corrected chi connectivity index (χ2v) is 5.29. The lowest BCUT2D eigenvalue weighted by atomic mass is 9.97. The first-order valence-electron chi connectivity index (χ1n) is 7.21. The number of aliphatic carboxylic acids is 2. The van der Waals surface area contributed by atoms with Gasteiger partial charge in [0, 0.05) is 6.42 Å². The van der Waals surface area contributed by atoms with Crippen LogP contribution in [0.5, 0.6) is 0 Å². The topological polar surface area (TPSA) is 115 Å². The second kappa shape index (κ2) is 8.81. The van der Waals surface area contributed by atoms with E-state index in [1.165, 1.54) is 6.92 Å². The van der Waals surface area contributed by atoms with Crippen LogP contribution in [0.25, 0.3) is 0 Å². The first-order chi connectivity index (χ1) is 11.2. The van der Waals surface area contributed by atoms with Gasteiger partial charge in [-0.25, -0.2) is 9.59 Å². The van der Waals surface area contributed by atoms with E-state index in [1.807, 2.05) is 18.2 Å². The molecule has 6 nitrogen and oxygen atoms in total. The normalized spacial score (nSPS) is 13.8. The van der Waals surface area contributed by atoms with Crippen molar-refractivity contribution in [1.29, 1.82) is 0 Å². The highest BCUT2D eigenvalue weighted by Crippen LogP contribution is 2.19. The standard InChI is InChI=1S/2C9H10O3/c1-9(12,8(10)11)7-5-3-2-4-6-7;10-8(9(11)12)6-7-4-2-1-3-5-7/h2-6,12H,1H3,(H,10,11);1-5,8,10H,6H2,(H,11,12)/t;8-/m.1/s1. The number of carboxylic acid groups (broad SMARTS) is 2. The number of aliphatic hydroxyl groups excluding tert-OH is 1. The molecule has 0 saturated heterocycles. The van der Waals surface area contributed by atoms with Gasteiger partial charge in [0.1, 0.15) is 0 Å². The molecule has 6 heteroatoms. The van der Waals surface area contributed by atoms with E-state index in [0.717, 1.165) is 5.56 Å². The molecule has 1 unspecified atom stereocenters. The van der Waals surface area contributed by atoms with Crippen LogP contribution in [-0.2, 0) is 21.6 Å². The van der Waals surface area contributed by atoms with E-state index in [1.54, 1.807) is 42.5 Å². The molecule has 24 heavy (non-hydrogen) atoms. The SMILES string of the molecule is CC(O)(C(=O)O)c1ccccc1.O=C(O)[C@H](O)Cc1ccccc1. The van der Waals surface area contributed by atoms with Gasteiger partial charge in [-0.05, 0) is 18.1 Å². The summed E-state index contributed by atoms with van der Waals surface area (Å²) in [6.45, 7) is 1.25. The number of hydrogen-bond acceptors (Lipinski definition) is 4. The molecule has 128 valence electrons. The van der Waals surface area contributed by atoms with Gasteiger partial charge in [0.15, 0.2) is 11.7 Å². The van der Waals surface area contributed by atoms with Crippen LogP contribution < -0.4 is 0 Å². The molecule has 0 bridgehead atoms. The molecule has 0 heterocycles. The molecule has 2 atom stereocenters. The number of aliphatic hydroxyl groups is 2. The Morgan fingerprint density at radius 3 is 1.83 bits per heavy atom. The lowest BCUT2D eigenvalue weighted by Crippen LogP contribution is -2.31. The molecular formula is C18H20O6. The summed E-state index contributed by atoms with van der Waals surface area (Å²) in [6.07, 6.45) is -1.14. The Labute approximate surface area is 139 Å². The Bertz CT molecular complexity index is 652. The Kier molecular flexibility index (Phi) is 7.10. The number of hydrogen-bond donors (Lipinski definition) is 4. The van der Waals surface area contributed by atoms with Crippen molar-refractivity contribution in [3.8, 4) is 0 Å². The van der Waals surface area contributed by atoms with Gasteiger partial charge in [0.05, 0.1) is 0 Å². The van der Waals surface area contributed by atoms with Crippen LogP contribution >= 0.6 is 0 Å². The molecule has 2 rings (SSSR count). The molecule has 0 aromatic heterocycles. The number of rotatable bonds is 5. The van der Waals surface area contributed by atoms with E-state index < -0.39 is 23.6 Å². The Morgan fingerprint density at radius 2 is 1.42 bits per heavy atom. The third kappa shape index (κ3) is 5.83. The van der Waals surface area contributed by atoms with Crippen molar-refractivity contribution in [2.45, 2.75) is 25.0 Å². The van der Waals surface area contributed by atoms with Crippen molar-refractivity contribution in [3.05, 3.63) is 71.8 Å². The molecule has 0 spiro atoms. The molecular weight excluding hydrogens is 312 g/mol. The molecule has 0 aliphatic carbocycles.